The van der Waals surface area contributed by atoms with Crippen molar-refractivity contribution in [1.82, 2.24) is 10.2 Å². The lowest BCUT2D eigenvalue weighted by Crippen LogP contribution is -2.75. The Bertz CT molecular complexity index is 1370. The number of carbonyl (C=O) groups is 4. The van der Waals surface area contributed by atoms with Crippen molar-refractivity contribution in [3.05, 3.63) is 102 Å². The minimum atomic E-state index is -1.90. The van der Waals surface area contributed by atoms with Crippen LogP contribution >= 0.6 is 11.8 Å². The molecule has 3 aromatic carbocycles. The van der Waals surface area contributed by atoms with E-state index >= 15 is 0 Å². The van der Waals surface area contributed by atoms with Crippen molar-refractivity contribution in [3.63, 3.8) is 0 Å². The molecule has 3 saturated heterocycles. The molecule has 0 aliphatic carbocycles. The van der Waals surface area contributed by atoms with Crippen molar-refractivity contribution >= 4 is 35.5 Å². The second-order valence-corrected chi connectivity index (χ2v) is 10.7. The number of thioether (sulfide) groups is 1. The van der Waals surface area contributed by atoms with E-state index in [1.54, 1.807) is 24.3 Å². The van der Waals surface area contributed by atoms with Gasteiger partial charge in [-0.3, -0.25) is 19.3 Å². The first-order chi connectivity index (χ1) is 19.0. The maximum Gasteiger partial charge on any atom is 0.375 e. The van der Waals surface area contributed by atoms with Gasteiger partial charge in [-0.05, 0) is 23.3 Å². The number of amides is 2. The Labute approximate surface area is 228 Å². The summed E-state index contributed by atoms with van der Waals surface area (Å²) in [4.78, 5) is 53.3. The number of ether oxygens (including phenoxy) is 3. The van der Waals surface area contributed by atoms with Crippen LogP contribution in [0.2, 0.25) is 0 Å². The summed E-state index contributed by atoms with van der Waals surface area (Å²) >= 11 is 1.25. The first kappa shape index (κ1) is 25.0. The molecule has 198 valence electrons. The van der Waals surface area contributed by atoms with Gasteiger partial charge in [0.15, 0.2) is 12.7 Å². The van der Waals surface area contributed by atoms with Gasteiger partial charge >= 0.3 is 11.9 Å². The van der Waals surface area contributed by atoms with E-state index in [9.17, 15) is 19.2 Å². The number of nitrogens with one attached hydrogen (secondary N) is 1. The molecule has 39 heavy (non-hydrogen) atoms. The van der Waals surface area contributed by atoms with E-state index in [4.69, 9.17) is 14.2 Å². The Hall–Kier alpha value is -4.31. The fourth-order valence-electron chi connectivity index (χ4n) is 5.10. The lowest BCUT2D eigenvalue weighted by atomic mass is 9.97. The molecule has 3 aliphatic rings. The maximum absolute atomic E-state index is 13.9. The van der Waals surface area contributed by atoms with Crippen molar-refractivity contribution < 1.29 is 33.4 Å². The molecule has 1 N–H and O–H groups in total. The van der Waals surface area contributed by atoms with Crippen LogP contribution in [-0.4, -0.2) is 57.7 Å². The van der Waals surface area contributed by atoms with E-state index in [1.165, 1.54) is 16.7 Å². The van der Waals surface area contributed by atoms with Crippen LogP contribution in [0.5, 0.6) is 5.75 Å². The van der Waals surface area contributed by atoms with Crippen molar-refractivity contribution in [2.75, 3.05) is 6.61 Å². The molecule has 0 unspecified atom stereocenters. The van der Waals surface area contributed by atoms with Crippen molar-refractivity contribution in [2.24, 2.45) is 0 Å². The number of nitrogens with zero attached hydrogens (tertiary/aromatic N) is 1. The number of fused-ring (bicyclic) bond motifs is 3. The fraction of sp³-hybridized carbons (Fsp3) is 0.241. The molecule has 3 aromatic rings. The Balaban J connectivity index is 1.21. The highest BCUT2D eigenvalue weighted by molar-refractivity contribution is 8.01. The van der Waals surface area contributed by atoms with Gasteiger partial charge in [0, 0.05) is 0 Å². The summed E-state index contributed by atoms with van der Waals surface area (Å²) in [7, 11) is 0. The van der Waals surface area contributed by atoms with Crippen LogP contribution in [0.3, 0.4) is 0 Å². The predicted molar refractivity (Wildman–Crippen MR) is 140 cm³/mol. The summed E-state index contributed by atoms with van der Waals surface area (Å²) < 4.78 is 17.1. The monoisotopic (exact) mass is 544 g/mol. The molecule has 3 heterocycles. The number of para-hydroxylation sites is 1. The molecular weight excluding hydrogens is 520 g/mol. The summed E-state index contributed by atoms with van der Waals surface area (Å²) in [5, 5.41) is 1.44. The molecule has 4 atom stereocenters. The van der Waals surface area contributed by atoms with Crippen LogP contribution < -0.4 is 10.1 Å². The SMILES string of the molecule is O=C(COc1ccccc1)N[C@@H]1C(=O)N2[C@@H]1S[C@H]1CC(=O)O[C@]12C(=O)OC(c1ccccc1)c1ccccc1. The normalized spacial score (nSPS) is 24.8. The Morgan fingerprint density at radius 3 is 2.15 bits per heavy atom. The fourth-order valence-corrected chi connectivity index (χ4v) is 6.84. The van der Waals surface area contributed by atoms with E-state index in [0.29, 0.717) is 5.75 Å². The Morgan fingerprint density at radius 1 is 0.949 bits per heavy atom. The standard InChI is InChI=1S/C29H24N2O7S/c32-22(17-36-20-14-8-3-9-15-20)30-24-26(34)31-27(24)39-21-16-23(33)38-29(21,31)28(35)37-25(18-10-4-1-5-11-18)19-12-6-2-7-13-19/h1-15,21,24-25,27H,16-17H2,(H,30,32)/t21-,24+,27+,29-/m0/s1. The minimum Gasteiger partial charge on any atom is -0.484 e. The number of β-lactam (4-membered cyclic amide) rings is 1. The molecule has 3 fully saturated rings. The smallest absolute Gasteiger partial charge is 0.375 e. The molecule has 10 heteroatoms. The maximum atomic E-state index is 13.9. The molecule has 0 aromatic heterocycles. The molecule has 0 saturated carbocycles. The van der Waals surface area contributed by atoms with Crippen LogP contribution in [0.15, 0.2) is 91.0 Å². The zero-order valence-electron chi connectivity index (χ0n) is 20.6. The molecule has 0 bridgehead atoms. The third kappa shape index (κ3) is 4.40. The largest absolute Gasteiger partial charge is 0.484 e. The highest BCUT2D eigenvalue weighted by Crippen LogP contribution is 2.56. The zero-order chi connectivity index (χ0) is 27.0. The number of hydrogen-bond acceptors (Lipinski definition) is 8. The summed E-state index contributed by atoms with van der Waals surface area (Å²) in [5.41, 5.74) is -0.433. The van der Waals surface area contributed by atoms with Gasteiger partial charge in [0.05, 0.1) is 11.7 Å². The minimum absolute atomic E-state index is 0.0564. The van der Waals surface area contributed by atoms with Gasteiger partial charge in [-0.25, -0.2) is 4.79 Å². The van der Waals surface area contributed by atoms with E-state index in [2.05, 4.69) is 5.32 Å². The molecule has 3 aliphatic heterocycles. The summed E-state index contributed by atoms with van der Waals surface area (Å²) in [6, 6.07) is 26.4. The van der Waals surface area contributed by atoms with E-state index in [0.717, 1.165) is 11.1 Å². The third-order valence-corrected chi connectivity index (χ3v) is 8.49. The van der Waals surface area contributed by atoms with Gasteiger partial charge in [0.2, 0.25) is 0 Å². The average molecular weight is 545 g/mol. The average Bonchev–Trinajstić information content (AvgIpc) is 3.44. The Kier molecular flexibility index (Phi) is 6.48. The van der Waals surface area contributed by atoms with E-state index in [1.807, 2.05) is 66.7 Å². The summed E-state index contributed by atoms with van der Waals surface area (Å²) in [6.07, 6.45) is -0.834. The van der Waals surface area contributed by atoms with Gasteiger partial charge in [0.1, 0.15) is 17.2 Å². The molecule has 0 radical (unpaired) electrons. The van der Waals surface area contributed by atoms with Gasteiger partial charge in [-0.1, -0.05) is 78.9 Å². The molecule has 0 spiro atoms. The van der Waals surface area contributed by atoms with Crippen LogP contribution in [0.4, 0.5) is 0 Å². The number of hydrogen-bond donors (Lipinski definition) is 1. The van der Waals surface area contributed by atoms with Crippen molar-refractivity contribution in [2.45, 2.75) is 34.9 Å². The zero-order valence-corrected chi connectivity index (χ0v) is 21.4. The van der Waals surface area contributed by atoms with Crippen LogP contribution in [0.25, 0.3) is 0 Å². The van der Waals surface area contributed by atoms with Crippen LogP contribution in [0, 0.1) is 0 Å². The molecule has 6 rings (SSSR count). The molecule has 2 amide bonds. The highest BCUT2D eigenvalue weighted by atomic mass is 32.2. The molecule has 9 nitrogen and oxygen atoms in total. The lowest BCUT2D eigenvalue weighted by molar-refractivity contribution is -0.210. The number of carbonyl (C=O) groups excluding carboxylic acids is 4. The number of benzene rings is 3. The topological polar surface area (TPSA) is 111 Å². The van der Waals surface area contributed by atoms with Gasteiger partial charge < -0.3 is 19.5 Å². The quantitative estimate of drug-likeness (QED) is 0.341. The van der Waals surface area contributed by atoms with Crippen LogP contribution in [0.1, 0.15) is 23.7 Å². The second-order valence-electron chi connectivity index (χ2n) is 9.35. The lowest BCUT2D eigenvalue weighted by Gasteiger charge is -2.47. The van der Waals surface area contributed by atoms with Crippen molar-refractivity contribution in [3.8, 4) is 5.75 Å². The van der Waals surface area contributed by atoms with Crippen molar-refractivity contribution in [1.29, 1.82) is 0 Å². The summed E-state index contributed by atoms with van der Waals surface area (Å²) in [5.74, 6) is -1.88. The van der Waals surface area contributed by atoms with E-state index in [-0.39, 0.29) is 13.0 Å². The highest BCUT2D eigenvalue weighted by Gasteiger charge is 2.75. The van der Waals surface area contributed by atoms with E-state index < -0.39 is 52.2 Å². The first-order valence-corrected chi connectivity index (χ1v) is 13.4. The Morgan fingerprint density at radius 2 is 1.54 bits per heavy atom. The predicted octanol–water partition coefficient (Wildman–Crippen LogP) is 2.81. The first-order valence-electron chi connectivity index (χ1n) is 12.5. The van der Waals surface area contributed by atoms with Gasteiger partial charge in [-0.15, -0.1) is 11.8 Å². The number of esters is 2. The van der Waals surface area contributed by atoms with Gasteiger partial charge in [-0.2, -0.15) is 0 Å². The molecular formula is C29H24N2O7S. The third-order valence-electron chi connectivity index (χ3n) is 6.91. The van der Waals surface area contributed by atoms with Gasteiger partial charge in [0.25, 0.3) is 17.5 Å². The number of rotatable bonds is 8. The second kappa shape index (κ2) is 10.1. The summed E-state index contributed by atoms with van der Waals surface area (Å²) in [6.45, 7) is -0.271. The van der Waals surface area contributed by atoms with Crippen LogP contribution in [-0.2, 0) is 28.7 Å².